The van der Waals surface area contributed by atoms with Crippen molar-refractivity contribution in [3.8, 4) is 17.2 Å². The first kappa shape index (κ1) is 20.8. The highest BCUT2D eigenvalue weighted by molar-refractivity contribution is 6.00. The number of hydrogen-bond acceptors (Lipinski definition) is 3. The van der Waals surface area contributed by atoms with Crippen molar-refractivity contribution in [3.05, 3.63) is 77.4 Å². The minimum absolute atomic E-state index is 0.322. The first-order valence-electron chi connectivity index (χ1n) is 8.59. The van der Waals surface area contributed by atoms with Gasteiger partial charge in [-0.05, 0) is 48.4 Å². The maximum atomic E-state index is 13.8. The monoisotopic (exact) mass is 414 g/mol. The number of rotatable bonds is 3. The molecule has 0 saturated heterocycles. The zero-order chi connectivity index (χ0) is 21.9. The molecule has 2 amide bonds. The molecule has 0 radical (unpaired) electrons. The minimum Gasteiger partial charge on any atom is -0.308 e. The number of aryl methyl sites for hydroxylation is 1. The molecule has 2 N–H and O–H groups in total. The van der Waals surface area contributed by atoms with Gasteiger partial charge in [0.15, 0.2) is 0 Å². The lowest BCUT2D eigenvalue weighted by Gasteiger charge is -2.12. The van der Waals surface area contributed by atoms with Crippen LogP contribution in [0.1, 0.15) is 16.7 Å². The molecule has 152 valence electrons. The molecule has 1 aromatic heterocycles. The van der Waals surface area contributed by atoms with Gasteiger partial charge in [-0.1, -0.05) is 12.1 Å². The molecule has 30 heavy (non-hydrogen) atoms. The summed E-state index contributed by atoms with van der Waals surface area (Å²) in [4.78, 5) is 16.1. The highest BCUT2D eigenvalue weighted by atomic mass is 19.4. The molecular weight excluding hydrogens is 400 g/mol. The standard InChI is InChI=1S/C21H14F4N4O/c1-12-10-27-11-17(16(12)9-26)13-2-5-15(6-3-13)28-20(30)29-19-8-14(21(23,24)25)4-7-18(19)22/h2-8,10-11H,1H3,(H2,28,29,30). The van der Waals surface area contributed by atoms with E-state index in [-0.39, 0.29) is 0 Å². The number of amides is 2. The molecule has 0 fully saturated rings. The van der Waals surface area contributed by atoms with E-state index in [0.717, 1.165) is 5.56 Å². The van der Waals surface area contributed by atoms with Gasteiger partial charge in [0, 0.05) is 23.6 Å². The number of pyridine rings is 1. The van der Waals surface area contributed by atoms with E-state index in [4.69, 9.17) is 0 Å². The second kappa shape index (κ2) is 8.21. The van der Waals surface area contributed by atoms with Gasteiger partial charge in [-0.15, -0.1) is 0 Å². The molecule has 0 aliphatic rings. The number of urea groups is 1. The van der Waals surface area contributed by atoms with Crippen molar-refractivity contribution >= 4 is 17.4 Å². The van der Waals surface area contributed by atoms with Crippen molar-refractivity contribution in [2.75, 3.05) is 10.6 Å². The molecule has 5 nitrogen and oxygen atoms in total. The van der Waals surface area contributed by atoms with E-state index >= 15 is 0 Å². The summed E-state index contributed by atoms with van der Waals surface area (Å²) in [5.41, 5.74) is 1.16. The number of halogens is 4. The summed E-state index contributed by atoms with van der Waals surface area (Å²) in [5, 5.41) is 13.8. The topological polar surface area (TPSA) is 77.8 Å². The third-order valence-electron chi connectivity index (χ3n) is 4.24. The lowest BCUT2D eigenvalue weighted by molar-refractivity contribution is -0.137. The largest absolute Gasteiger partial charge is 0.416 e. The summed E-state index contributed by atoms with van der Waals surface area (Å²) in [6, 6.07) is 9.35. The van der Waals surface area contributed by atoms with E-state index in [2.05, 4.69) is 21.7 Å². The number of nitrogens with one attached hydrogen (secondary N) is 2. The highest BCUT2D eigenvalue weighted by Gasteiger charge is 2.31. The molecule has 9 heteroatoms. The zero-order valence-electron chi connectivity index (χ0n) is 15.5. The van der Waals surface area contributed by atoms with Gasteiger partial charge in [-0.25, -0.2) is 9.18 Å². The Bertz CT molecular complexity index is 1140. The molecule has 0 saturated carbocycles. The van der Waals surface area contributed by atoms with Gasteiger partial charge >= 0.3 is 12.2 Å². The fourth-order valence-electron chi connectivity index (χ4n) is 2.75. The second-order valence-corrected chi connectivity index (χ2v) is 6.34. The Morgan fingerprint density at radius 3 is 2.40 bits per heavy atom. The van der Waals surface area contributed by atoms with E-state index in [0.29, 0.717) is 40.6 Å². The Hall–Kier alpha value is -3.93. The number of carbonyl (C=O) groups excluding carboxylic acids is 1. The number of nitrogens with zero attached hydrogens (tertiary/aromatic N) is 2. The lowest BCUT2D eigenvalue weighted by atomic mass is 9.99. The van der Waals surface area contributed by atoms with Crippen LogP contribution in [0.15, 0.2) is 54.9 Å². The third-order valence-corrected chi connectivity index (χ3v) is 4.24. The maximum absolute atomic E-state index is 13.8. The zero-order valence-corrected chi connectivity index (χ0v) is 15.5. The number of aromatic nitrogens is 1. The summed E-state index contributed by atoms with van der Waals surface area (Å²) in [7, 11) is 0. The molecule has 0 aliphatic heterocycles. The maximum Gasteiger partial charge on any atom is 0.416 e. The number of benzene rings is 2. The predicted molar refractivity (Wildman–Crippen MR) is 103 cm³/mol. The molecule has 3 rings (SSSR count). The van der Waals surface area contributed by atoms with E-state index in [9.17, 15) is 27.6 Å². The van der Waals surface area contributed by atoms with Gasteiger partial charge in [0.2, 0.25) is 0 Å². The quantitative estimate of drug-likeness (QED) is 0.537. The lowest BCUT2D eigenvalue weighted by Crippen LogP contribution is -2.20. The van der Waals surface area contributed by atoms with Crippen molar-refractivity contribution in [1.29, 1.82) is 5.26 Å². The number of hydrogen-bond donors (Lipinski definition) is 2. The molecule has 0 spiro atoms. The number of nitriles is 1. The van der Waals surface area contributed by atoms with Crippen LogP contribution in [0.5, 0.6) is 0 Å². The average Bonchev–Trinajstić information content (AvgIpc) is 2.69. The highest BCUT2D eigenvalue weighted by Crippen LogP contribution is 2.32. The van der Waals surface area contributed by atoms with Crippen molar-refractivity contribution < 1.29 is 22.4 Å². The minimum atomic E-state index is -4.66. The summed E-state index contributed by atoms with van der Waals surface area (Å²) < 4.78 is 52.1. The van der Waals surface area contributed by atoms with Crippen molar-refractivity contribution in [1.82, 2.24) is 4.98 Å². The Morgan fingerprint density at radius 2 is 1.77 bits per heavy atom. The van der Waals surface area contributed by atoms with Crippen molar-refractivity contribution in [3.63, 3.8) is 0 Å². The van der Waals surface area contributed by atoms with Crippen LogP contribution in [0.2, 0.25) is 0 Å². The average molecular weight is 414 g/mol. The van der Waals surface area contributed by atoms with E-state index in [1.165, 1.54) is 0 Å². The number of anilines is 2. The Balaban J connectivity index is 1.75. The van der Waals surface area contributed by atoms with Crippen molar-refractivity contribution in [2.24, 2.45) is 0 Å². The summed E-state index contributed by atoms with van der Waals surface area (Å²) in [6.45, 7) is 1.77. The van der Waals surface area contributed by atoms with Crippen LogP contribution in [0.3, 0.4) is 0 Å². The fraction of sp³-hybridized carbons (Fsp3) is 0.0952. The molecule has 3 aromatic rings. The van der Waals surface area contributed by atoms with Crippen LogP contribution in [0.4, 0.5) is 33.7 Å². The third kappa shape index (κ3) is 4.55. The molecule has 0 atom stereocenters. The van der Waals surface area contributed by atoms with E-state index in [1.807, 2.05) is 0 Å². The van der Waals surface area contributed by atoms with E-state index < -0.39 is 29.3 Å². The van der Waals surface area contributed by atoms with Crippen LogP contribution in [0.25, 0.3) is 11.1 Å². The van der Waals surface area contributed by atoms with Crippen molar-refractivity contribution in [2.45, 2.75) is 13.1 Å². The van der Waals surface area contributed by atoms with Gasteiger partial charge in [-0.2, -0.15) is 18.4 Å². The second-order valence-electron chi connectivity index (χ2n) is 6.34. The summed E-state index contributed by atoms with van der Waals surface area (Å²) in [6.07, 6.45) is -1.53. The van der Waals surface area contributed by atoms with Gasteiger partial charge in [-0.3, -0.25) is 4.98 Å². The van der Waals surface area contributed by atoms with Crippen LogP contribution in [-0.4, -0.2) is 11.0 Å². The summed E-state index contributed by atoms with van der Waals surface area (Å²) in [5.74, 6) is -0.996. The van der Waals surface area contributed by atoms with Gasteiger partial charge < -0.3 is 10.6 Å². The number of carbonyl (C=O) groups is 1. The molecule has 0 unspecified atom stereocenters. The normalized spacial score (nSPS) is 10.9. The SMILES string of the molecule is Cc1cncc(-c2ccc(NC(=O)Nc3cc(C(F)(F)F)ccc3F)cc2)c1C#N. The predicted octanol–water partition coefficient (Wildman–Crippen LogP) is 5.73. The van der Waals surface area contributed by atoms with Crippen LogP contribution in [0, 0.1) is 24.1 Å². The van der Waals surface area contributed by atoms with Crippen LogP contribution >= 0.6 is 0 Å². The Kier molecular flexibility index (Phi) is 5.69. The molecule has 2 aromatic carbocycles. The summed E-state index contributed by atoms with van der Waals surface area (Å²) >= 11 is 0. The Labute approximate surface area is 169 Å². The van der Waals surface area contributed by atoms with Crippen LogP contribution < -0.4 is 10.6 Å². The molecule has 0 bridgehead atoms. The number of alkyl halides is 3. The first-order chi connectivity index (χ1) is 14.2. The van der Waals surface area contributed by atoms with Gasteiger partial charge in [0.25, 0.3) is 0 Å². The molecule has 0 aliphatic carbocycles. The smallest absolute Gasteiger partial charge is 0.308 e. The Morgan fingerprint density at radius 1 is 1.07 bits per heavy atom. The van der Waals surface area contributed by atoms with Crippen LogP contribution in [-0.2, 0) is 6.18 Å². The van der Waals surface area contributed by atoms with Gasteiger partial charge in [0.05, 0.1) is 16.8 Å². The van der Waals surface area contributed by atoms with Gasteiger partial charge in [0.1, 0.15) is 11.9 Å². The first-order valence-corrected chi connectivity index (χ1v) is 8.59. The molecule has 1 heterocycles. The van der Waals surface area contributed by atoms with E-state index in [1.54, 1.807) is 43.6 Å². The fourth-order valence-corrected chi connectivity index (χ4v) is 2.75. The molecular formula is C21H14F4N4O.